The van der Waals surface area contributed by atoms with Crippen LogP contribution in [0.15, 0.2) is 58.8 Å². The number of benzene rings is 2. The topological polar surface area (TPSA) is 62.7 Å². The molecule has 0 bridgehead atoms. The third-order valence-corrected chi connectivity index (χ3v) is 8.89. The van der Waals surface area contributed by atoms with Gasteiger partial charge < -0.3 is 14.5 Å². The summed E-state index contributed by atoms with van der Waals surface area (Å²) in [6, 6.07) is 16.1. The van der Waals surface area contributed by atoms with Crippen LogP contribution in [0.2, 0.25) is 0 Å². The highest BCUT2D eigenvalue weighted by atomic mass is 32.2. The van der Waals surface area contributed by atoms with E-state index in [0.29, 0.717) is 18.5 Å². The molecule has 1 fully saturated rings. The molecule has 2 heterocycles. The number of thiazole rings is 1. The van der Waals surface area contributed by atoms with Crippen molar-refractivity contribution in [3.8, 4) is 5.75 Å². The molecule has 6 nitrogen and oxygen atoms in total. The largest absolute Gasteiger partial charge is 0.496 e. The summed E-state index contributed by atoms with van der Waals surface area (Å²) < 4.78 is 5.46. The van der Waals surface area contributed by atoms with E-state index in [1.165, 1.54) is 4.90 Å². The number of likely N-dealkylation sites (tertiary alicyclic amines) is 1. The third kappa shape index (κ3) is 6.73. The molecule has 37 heavy (non-hydrogen) atoms. The maximum Gasteiger partial charge on any atom is 0.273 e. The quantitative estimate of drug-likeness (QED) is 0.336. The number of thioether (sulfide) groups is 1. The zero-order valence-electron chi connectivity index (χ0n) is 22.0. The van der Waals surface area contributed by atoms with E-state index in [0.717, 1.165) is 47.8 Å². The lowest BCUT2D eigenvalue weighted by Gasteiger charge is -2.31. The number of methoxy groups -OCH3 is 1. The minimum Gasteiger partial charge on any atom is -0.496 e. The summed E-state index contributed by atoms with van der Waals surface area (Å²) in [5.74, 6) is 1.23. The summed E-state index contributed by atoms with van der Waals surface area (Å²) in [5, 5.41) is 2.87. The second-order valence-electron chi connectivity index (χ2n) is 9.53. The number of carbonyl (C=O) groups is 2. The molecule has 0 spiro atoms. The molecule has 3 aromatic rings. The summed E-state index contributed by atoms with van der Waals surface area (Å²) in [4.78, 5) is 35.6. The van der Waals surface area contributed by atoms with Crippen LogP contribution < -0.4 is 4.74 Å². The van der Waals surface area contributed by atoms with E-state index >= 15 is 0 Å². The van der Waals surface area contributed by atoms with Crippen molar-refractivity contribution in [1.29, 1.82) is 0 Å². The number of carbonyl (C=O) groups excluding carboxylic acids is 2. The van der Waals surface area contributed by atoms with Gasteiger partial charge in [0.2, 0.25) is 5.91 Å². The molecule has 1 aromatic heterocycles. The van der Waals surface area contributed by atoms with Gasteiger partial charge in [-0.15, -0.1) is 23.1 Å². The van der Waals surface area contributed by atoms with Crippen molar-refractivity contribution in [3.63, 3.8) is 0 Å². The Morgan fingerprint density at radius 3 is 2.54 bits per heavy atom. The minimum atomic E-state index is -0.0648. The number of aromatic nitrogens is 1. The van der Waals surface area contributed by atoms with Crippen LogP contribution in [0, 0.1) is 0 Å². The Hall–Kier alpha value is -2.84. The molecule has 1 atom stereocenters. The van der Waals surface area contributed by atoms with E-state index in [1.807, 2.05) is 66.9 Å². The van der Waals surface area contributed by atoms with Gasteiger partial charge in [-0.2, -0.15) is 0 Å². The molecule has 0 radical (unpaired) electrons. The number of piperidine rings is 1. The van der Waals surface area contributed by atoms with E-state index in [1.54, 1.807) is 35.1 Å². The highest BCUT2D eigenvalue weighted by Crippen LogP contribution is 2.31. The Morgan fingerprint density at radius 1 is 1.16 bits per heavy atom. The molecule has 0 aliphatic carbocycles. The number of nitrogens with zero attached hydrogens (tertiary/aromatic N) is 3. The number of hydrogen-bond acceptors (Lipinski definition) is 6. The molecule has 1 saturated heterocycles. The smallest absolute Gasteiger partial charge is 0.273 e. The van der Waals surface area contributed by atoms with Gasteiger partial charge in [-0.25, -0.2) is 4.98 Å². The maximum atomic E-state index is 13.2. The summed E-state index contributed by atoms with van der Waals surface area (Å²) in [6.45, 7) is 3.50. The summed E-state index contributed by atoms with van der Waals surface area (Å²) in [6.07, 6.45) is 4.94. The van der Waals surface area contributed by atoms with Crippen LogP contribution in [0.3, 0.4) is 0 Å². The standard InChI is InChI=1S/C29H35N3O3S2/c1-20(17-23-7-5-6-8-26(23)35-3)31(2)29(34)25-19-37-28(30-25)22-13-15-32(16-14-22)27(33)18-21-9-11-24(36-4)12-10-21/h5-12,19-20,22H,13-18H2,1-4H3. The lowest BCUT2D eigenvalue weighted by atomic mass is 9.97. The first-order chi connectivity index (χ1) is 17.9. The Morgan fingerprint density at radius 2 is 1.86 bits per heavy atom. The summed E-state index contributed by atoms with van der Waals surface area (Å²) >= 11 is 3.26. The molecule has 8 heteroatoms. The number of amides is 2. The van der Waals surface area contributed by atoms with Crippen LogP contribution >= 0.6 is 23.1 Å². The zero-order valence-corrected chi connectivity index (χ0v) is 23.6. The predicted octanol–water partition coefficient (Wildman–Crippen LogP) is 5.53. The molecule has 196 valence electrons. The van der Waals surface area contributed by atoms with Gasteiger partial charge in [0.1, 0.15) is 11.4 Å². The van der Waals surface area contributed by atoms with Gasteiger partial charge in [0.25, 0.3) is 5.91 Å². The van der Waals surface area contributed by atoms with Crippen LogP contribution in [0.5, 0.6) is 5.75 Å². The molecule has 1 aliphatic heterocycles. The van der Waals surface area contributed by atoms with Crippen molar-refractivity contribution in [3.05, 3.63) is 75.7 Å². The Kier molecular flexibility index (Phi) is 9.27. The summed E-state index contributed by atoms with van der Waals surface area (Å²) in [7, 11) is 3.50. The molecule has 1 unspecified atom stereocenters. The molecule has 0 saturated carbocycles. The van der Waals surface area contributed by atoms with Crippen LogP contribution in [0.1, 0.15) is 52.3 Å². The van der Waals surface area contributed by atoms with Crippen LogP contribution in [-0.4, -0.2) is 66.1 Å². The SMILES string of the molecule is COc1ccccc1CC(C)N(C)C(=O)c1csc(C2CCN(C(=O)Cc3ccc(SC)cc3)CC2)n1. The molecular formula is C29H35N3O3S2. The van der Waals surface area contributed by atoms with Gasteiger partial charge in [-0.05, 0) is 61.8 Å². The lowest BCUT2D eigenvalue weighted by molar-refractivity contribution is -0.131. The Labute approximate surface area is 228 Å². The lowest BCUT2D eigenvalue weighted by Crippen LogP contribution is -2.39. The van der Waals surface area contributed by atoms with Gasteiger partial charge in [0, 0.05) is 42.4 Å². The second kappa shape index (κ2) is 12.6. The van der Waals surface area contributed by atoms with Crippen molar-refractivity contribution >= 4 is 34.9 Å². The average molecular weight is 538 g/mol. The summed E-state index contributed by atoms with van der Waals surface area (Å²) in [5.41, 5.74) is 2.63. The number of para-hydroxylation sites is 1. The molecular weight excluding hydrogens is 502 g/mol. The predicted molar refractivity (Wildman–Crippen MR) is 151 cm³/mol. The van der Waals surface area contributed by atoms with E-state index in [2.05, 4.69) is 12.1 Å². The number of rotatable bonds is 9. The second-order valence-corrected chi connectivity index (χ2v) is 11.3. The molecule has 2 aromatic carbocycles. The fourth-order valence-corrected chi connectivity index (χ4v) is 6.06. The van der Waals surface area contributed by atoms with Crippen LogP contribution in [0.4, 0.5) is 0 Å². The van der Waals surface area contributed by atoms with Gasteiger partial charge in [-0.3, -0.25) is 9.59 Å². The highest BCUT2D eigenvalue weighted by molar-refractivity contribution is 7.98. The van der Waals surface area contributed by atoms with Crippen LogP contribution in [-0.2, 0) is 17.6 Å². The molecule has 2 amide bonds. The van der Waals surface area contributed by atoms with Gasteiger partial charge in [0.05, 0.1) is 18.5 Å². The fraction of sp³-hybridized carbons (Fsp3) is 0.414. The van der Waals surface area contributed by atoms with Crippen molar-refractivity contribution in [2.45, 2.75) is 49.5 Å². The third-order valence-electron chi connectivity index (χ3n) is 7.14. The Bertz CT molecular complexity index is 1200. The molecule has 4 rings (SSSR count). The van der Waals surface area contributed by atoms with Gasteiger partial charge >= 0.3 is 0 Å². The normalized spacial score (nSPS) is 14.9. The molecule has 0 N–H and O–H groups in total. The minimum absolute atomic E-state index is 0.000122. The monoisotopic (exact) mass is 537 g/mol. The van der Waals surface area contributed by atoms with Crippen molar-refractivity contribution in [1.82, 2.24) is 14.8 Å². The van der Waals surface area contributed by atoms with Crippen molar-refractivity contribution < 1.29 is 14.3 Å². The Balaban J connectivity index is 1.30. The number of ether oxygens (including phenoxy) is 1. The van der Waals surface area contributed by atoms with E-state index in [4.69, 9.17) is 9.72 Å². The van der Waals surface area contributed by atoms with E-state index < -0.39 is 0 Å². The molecule has 1 aliphatic rings. The first kappa shape index (κ1) is 27.2. The van der Waals surface area contributed by atoms with E-state index in [9.17, 15) is 9.59 Å². The highest BCUT2D eigenvalue weighted by Gasteiger charge is 2.27. The number of hydrogen-bond donors (Lipinski definition) is 0. The van der Waals surface area contributed by atoms with Crippen molar-refractivity contribution in [2.75, 3.05) is 33.5 Å². The maximum absolute atomic E-state index is 13.2. The van der Waals surface area contributed by atoms with Crippen molar-refractivity contribution in [2.24, 2.45) is 0 Å². The zero-order chi connectivity index (χ0) is 26.4. The van der Waals surface area contributed by atoms with Gasteiger partial charge in [0.15, 0.2) is 0 Å². The van der Waals surface area contributed by atoms with E-state index in [-0.39, 0.29) is 23.8 Å². The first-order valence-corrected chi connectivity index (χ1v) is 14.7. The average Bonchev–Trinajstić information content (AvgIpc) is 3.43. The van der Waals surface area contributed by atoms with Crippen LogP contribution in [0.25, 0.3) is 0 Å². The fourth-order valence-electron chi connectivity index (χ4n) is 4.69. The van der Waals surface area contributed by atoms with Gasteiger partial charge in [-0.1, -0.05) is 30.3 Å². The first-order valence-electron chi connectivity index (χ1n) is 12.6. The number of likely N-dealkylation sites (N-methyl/N-ethyl adjacent to an activating group) is 1.